The number of carbonyl (C=O) groups is 1. The molecule has 0 fully saturated rings. The number of anilines is 1. The van der Waals surface area contributed by atoms with E-state index in [0.29, 0.717) is 17.2 Å². The highest BCUT2D eigenvalue weighted by molar-refractivity contribution is 8.00. The second kappa shape index (κ2) is 7.97. The summed E-state index contributed by atoms with van der Waals surface area (Å²) < 4.78 is 10.7. The number of benzene rings is 2. The number of rotatable bonds is 5. The zero-order valence-corrected chi connectivity index (χ0v) is 17.6. The first-order chi connectivity index (χ1) is 14.7. The van der Waals surface area contributed by atoms with Crippen LogP contribution in [0.5, 0.6) is 11.5 Å². The first-order valence-corrected chi connectivity index (χ1v) is 11.0. The van der Waals surface area contributed by atoms with Crippen LogP contribution < -0.4 is 14.8 Å². The molecular formula is C22H17N3O3S2. The highest BCUT2D eigenvalue weighted by atomic mass is 32.2. The van der Waals surface area contributed by atoms with Crippen LogP contribution in [0.1, 0.15) is 6.92 Å². The third kappa shape index (κ3) is 3.71. The van der Waals surface area contributed by atoms with Crippen LogP contribution in [0.3, 0.4) is 0 Å². The van der Waals surface area contributed by atoms with Gasteiger partial charge in [0.05, 0.1) is 5.25 Å². The maximum atomic E-state index is 12.7. The molecule has 0 saturated carbocycles. The van der Waals surface area contributed by atoms with E-state index in [9.17, 15) is 4.79 Å². The van der Waals surface area contributed by atoms with E-state index in [1.165, 1.54) is 11.8 Å². The first kappa shape index (κ1) is 18.9. The monoisotopic (exact) mass is 435 g/mol. The van der Waals surface area contributed by atoms with Crippen molar-refractivity contribution in [2.24, 2.45) is 0 Å². The Morgan fingerprint density at radius 3 is 2.80 bits per heavy atom. The third-order valence-electron chi connectivity index (χ3n) is 4.65. The van der Waals surface area contributed by atoms with Gasteiger partial charge >= 0.3 is 0 Å². The van der Waals surface area contributed by atoms with Crippen LogP contribution in [0.2, 0.25) is 0 Å². The zero-order chi connectivity index (χ0) is 20.5. The lowest BCUT2D eigenvalue weighted by Gasteiger charge is -2.12. The second-order valence-corrected chi connectivity index (χ2v) is 9.05. The van der Waals surface area contributed by atoms with Crippen LogP contribution in [0.4, 0.5) is 5.69 Å². The minimum absolute atomic E-state index is 0.107. The van der Waals surface area contributed by atoms with E-state index in [4.69, 9.17) is 9.47 Å². The Balaban J connectivity index is 1.34. The number of thiophene rings is 1. The van der Waals surface area contributed by atoms with Crippen molar-refractivity contribution < 1.29 is 14.3 Å². The molecule has 2 aromatic carbocycles. The molecule has 6 nitrogen and oxygen atoms in total. The number of ether oxygens (including phenoxy) is 2. The Kier molecular flexibility index (Phi) is 5.02. The molecule has 3 heterocycles. The van der Waals surface area contributed by atoms with E-state index in [1.807, 2.05) is 25.1 Å². The molecule has 1 aliphatic rings. The average Bonchev–Trinajstić information content (AvgIpc) is 3.41. The molecular weight excluding hydrogens is 418 g/mol. The van der Waals surface area contributed by atoms with Crippen molar-refractivity contribution in [2.45, 2.75) is 17.2 Å². The fraction of sp³-hybridized carbons (Fsp3) is 0.136. The van der Waals surface area contributed by atoms with Crippen LogP contribution >= 0.6 is 23.1 Å². The Morgan fingerprint density at radius 1 is 1.10 bits per heavy atom. The summed E-state index contributed by atoms with van der Waals surface area (Å²) >= 11 is 3.05. The van der Waals surface area contributed by atoms with Crippen molar-refractivity contribution in [3.8, 4) is 21.9 Å². The number of hydrogen-bond acceptors (Lipinski definition) is 7. The molecule has 4 aromatic rings. The van der Waals surface area contributed by atoms with Crippen molar-refractivity contribution in [3.05, 3.63) is 60.9 Å². The minimum atomic E-state index is -0.339. The maximum absolute atomic E-state index is 12.7. The quantitative estimate of drug-likeness (QED) is 0.343. The predicted molar refractivity (Wildman–Crippen MR) is 119 cm³/mol. The van der Waals surface area contributed by atoms with Crippen LogP contribution in [0.15, 0.2) is 66.0 Å². The molecule has 1 unspecified atom stereocenters. The SMILES string of the molecule is CC(Sc1ncnc2sc(-c3ccccc3)cc12)C(=O)Nc1ccc2c(c1)OCO2. The van der Waals surface area contributed by atoms with Gasteiger partial charge in [-0.25, -0.2) is 9.97 Å². The summed E-state index contributed by atoms with van der Waals surface area (Å²) in [6, 6.07) is 17.6. The van der Waals surface area contributed by atoms with Gasteiger partial charge in [0, 0.05) is 22.0 Å². The molecule has 0 spiro atoms. The summed E-state index contributed by atoms with van der Waals surface area (Å²) in [7, 11) is 0. The van der Waals surface area contributed by atoms with E-state index in [-0.39, 0.29) is 18.0 Å². The van der Waals surface area contributed by atoms with Gasteiger partial charge in [-0.2, -0.15) is 0 Å². The number of hydrogen-bond donors (Lipinski definition) is 1. The minimum Gasteiger partial charge on any atom is -0.454 e. The molecule has 1 amide bonds. The fourth-order valence-corrected chi connectivity index (χ4v) is 5.07. The summed E-state index contributed by atoms with van der Waals surface area (Å²) in [5.74, 6) is 1.21. The average molecular weight is 436 g/mol. The first-order valence-electron chi connectivity index (χ1n) is 9.34. The highest BCUT2D eigenvalue weighted by Gasteiger charge is 2.20. The zero-order valence-electron chi connectivity index (χ0n) is 16.0. The molecule has 5 rings (SSSR count). The Bertz CT molecular complexity index is 1230. The lowest BCUT2D eigenvalue weighted by atomic mass is 10.2. The van der Waals surface area contributed by atoms with Crippen LogP contribution in [0, 0.1) is 0 Å². The molecule has 0 bridgehead atoms. The molecule has 30 heavy (non-hydrogen) atoms. The van der Waals surface area contributed by atoms with Crippen LogP contribution in [0.25, 0.3) is 20.7 Å². The Morgan fingerprint density at radius 2 is 1.93 bits per heavy atom. The number of aromatic nitrogens is 2. The van der Waals surface area contributed by atoms with Gasteiger partial charge in [0.15, 0.2) is 11.5 Å². The number of fused-ring (bicyclic) bond motifs is 2. The topological polar surface area (TPSA) is 73.3 Å². The molecule has 1 atom stereocenters. The molecule has 0 saturated heterocycles. The number of nitrogens with one attached hydrogen (secondary N) is 1. The molecule has 0 radical (unpaired) electrons. The van der Waals surface area contributed by atoms with Crippen molar-refractivity contribution in [3.63, 3.8) is 0 Å². The molecule has 0 aliphatic carbocycles. The summed E-state index contributed by atoms with van der Waals surface area (Å²) in [6.45, 7) is 2.07. The molecule has 2 aromatic heterocycles. The van der Waals surface area contributed by atoms with E-state index in [0.717, 1.165) is 25.7 Å². The predicted octanol–water partition coefficient (Wildman–Crippen LogP) is 5.21. The number of thioether (sulfide) groups is 1. The van der Waals surface area contributed by atoms with Crippen molar-refractivity contribution in [1.29, 1.82) is 0 Å². The lowest BCUT2D eigenvalue weighted by Crippen LogP contribution is -2.22. The van der Waals surface area contributed by atoms with Gasteiger partial charge in [-0.1, -0.05) is 42.1 Å². The third-order valence-corrected chi connectivity index (χ3v) is 6.86. The van der Waals surface area contributed by atoms with Gasteiger partial charge in [0.2, 0.25) is 12.7 Å². The smallest absolute Gasteiger partial charge is 0.237 e. The van der Waals surface area contributed by atoms with Gasteiger partial charge in [-0.3, -0.25) is 4.79 Å². The van der Waals surface area contributed by atoms with Crippen LogP contribution in [-0.2, 0) is 4.79 Å². The van der Waals surface area contributed by atoms with Gasteiger partial charge in [-0.05, 0) is 30.7 Å². The summed E-state index contributed by atoms with van der Waals surface area (Å²) in [4.78, 5) is 23.6. The van der Waals surface area contributed by atoms with E-state index in [2.05, 4.69) is 33.5 Å². The number of amides is 1. The second-order valence-electron chi connectivity index (χ2n) is 6.69. The molecule has 8 heteroatoms. The lowest BCUT2D eigenvalue weighted by molar-refractivity contribution is -0.115. The van der Waals surface area contributed by atoms with Gasteiger partial charge in [0.1, 0.15) is 16.2 Å². The van der Waals surface area contributed by atoms with E-state index < -0.39 is 0 Å². The van der Waals surface area contributed by atoms with E-state index >= 15 is 0 Å². The largest absolute Gasteiger partial charge is 0.454 e. The molecule has 150 valence electrons. The van der Waals surface area contributed by atoms with Gasteiger partial charge in [0.25, 0.3) is 0 Å². The van der Waals surface area contributed by atoms with Gasteiger partial charge < -0.3 is 14.8 Å². The van der Waals surface area contributed by atoms with E-state index in [1.54, 1.807) is 35.9 Å². The Labute approximate surface area is 181 Å². The number of nitrogens with zero attached hydrogens (tertiary/aromatic N) is 2. The van der Waals surface area contributed by atoms with Crippen molar-refractivity contribution in [1.82, 2.24) is 9.97 Å². The Hall–Kier alpha value is -3.10. The maximum Gasteiger partial charge on any atom is 0.237 e. The van der Waals surface area contributed by atoms with Crippen molar-refractivity contribution >= 4 is 44.9 Å². The fourth-order valence-electron chi connectivity index (χ4n) is 3.11. The number of carbonyl (C=O) groups excluding carboxylic acids is 1. The highest BCUT2D eigenvalue weighted by Crippen LogP contribution is 2.38. The summed E-state index contributed by atoms with van der Waals surface area (Å²) in [5.41, 5.74) is 1.82. The standard InChI is InChI=1S/C22H17N3O3S2/c1-13(20(26)25-15-7-8-17-18(9-15)28-12-27-17)29-21-16-10-19(14-5-3-2-4-6-14)30-22(16)24-11-23-21/h2-11,13H,12H2,1H3,(H,25,26). The summed E-state index contributed by atoms with van der Waals surface area (Å²) in [5, 5.41) is 4.36. The van der Waals surface area contributed by atoms with Gasteiger partial charge in [-0.15, -0.1) is 11.3 Å². The normalized spacial score (nSPS) is 13.4. The summed E-state index contributed by atoms with van der Waals surface area (Å²) in [6.07, 6.45) is 1.55. The molecule has 1 aliphatic heterocycles. The molecule has 1 N–H and O–H groups in total. The van der Waals surface area contributed by atoms with Crippen LogP contribution in [-0.4, -0.2) is 27.9 Å². The van der Waals surface area contributed by atoms with Crippen molar-refractivity contribution in [2.75, 3.05) is 12.1 Å².